The fourth-order valence-electron chi connectivity index (χ4n) is 2.57. The number of hydrogen-bond acceptors (Lipinski definition) is 2. The molecule has 1 aromatic heterocycles. The molecule has 1 N–H and O–H groups in total. The van der Waals surface area contributed by atoms with Crippen molar-refractivity contribution in [3.63, 3.8) is 0 Å². The minimum Gasteiger partial charge on any atom is -0.360 e. The molecule has 0 fully saturated rings. The summed E-state index contributed by atoms with van der Waals surface area (Å²) in [5.74, 6) is -1.74. The molecule has 0 aliphatic heterocycles. The lowest BCUT2D eigenvalue weighted by molar-refractivity contribution is -0.114. The van der Waals surface area contributed by atoms with Gasteiger partial charge >= 0.3 is 0 Å². The van der Waals surface area contributed by atoms with E-state index in [1.807, 2.05) is 6.07 Å². The van der Waals surface area contributed by atoms with E-state index in [-0.39, 0.29) is 5.56 Å². The molecule has 23 heavy (non-hydrogen) atoms. The van der Waals surface area contributed by atoms with E-state index < -0.39 is 17.5 Å². The summed E-state index contributed by atoms with van der Waals surface area (Å²) >= 11 is 0. The molecular formula is C18H15FN2O2. The number of aromatic nitrogens is 1. The zero-order valence-corrected chi connectivity index (χ0v) is 12.5. The van der Waals surface area contributed by atoms with Gasteiger partial charge in [0.25, 0.3) is 11.7 Å². The highest BCUT2D eigenvalue weighted by atomic mass is 19.1. The van der Waals surface area contributed by atoms with Gasteiger partial charge in [-0.15, -0.1) is 0 Å². The van der Waals surface area contributed by atoms with Crippen molar-refractivity contribution in [3.05, 3.63) is 66.1 Å². The van der Waals surface area contributed by atoms with E-state index >= 15 is 0 Å². The molecule has 0 aliphatic rings. The van der Waals surface area contributed by atoms with Gasteiger partial charge in [0.05, 0.1) is 5.56 Å². The van der Waals surface area contributed by atoms with Crippen LogP contribution < -0.4 is 4.90 Å². The molecule has 0 aliphatic carbocycles. The number of hydrogen-bond donors (Lipinski definition) is 1. The van der Waals surface area contributed by atoms with Crippen LogP contribution in [0.5, 0.6) is 0 Å². The molecule has 1 heterocycles. The average molecular weight is 310 g/mol. The number of H-pyrrole nitrogens is 1. The summed E-state index contributed by atoms with van der Waals surface area (Å²) in [5, 5.41) is 0.410. The molecule has 0 spiro atoms. The summed E-state index contributed by atoms with van der Waals surface area (Å²) in [6.07, 6.45) is 1.45. The van der Waals surface area contributed by atoms with E-state index in [2.05, 4.69) is 4.98 Å². The van der Waals surface area contributed by atoms with Crippen molar-refractivity contribution in [2.75, 3.05) is 11.4 Å². The molecule has 1 amide bonds. The number of aromatic amines is 1. The molecule has 3 rings (SSSR count). The third-order valence-electron chi connectivity index (χ3n) is 3.71. The highest BCUT2D eigenvalue weighted by Gasteiger charge is 2.25. The van der Waals surface area contributed by atoms with E-state index in [1.54, 1.807) is 37.3 Å². The summed E-state index contributed by atoms with van der Waals surface area (Å²) in [6.45, 7) is 2.17. The molecule has 0 atom stereocenters. The largest absolute Gasteiger partial charge is 0.360 e. The number of nitrogens with zero attached hydrogens (tertiary/aromatic N) is 1. The van der Waals surface area contributed by atoms with Crippen LogP contribution in [0.3, 0.4) is 0 Å². The number of para-hydroxylation sites is 1. The monoisotopic (exact) mass is 310 g/mol. The third kappa shape index (κ3) is 2.73. The SMILES string of the molecule is CCN(C(=O)C(=O)c1c[nH]c2ccc(F)cc12)c1ccccc1. The molecule has 3 aromatic rings. The molecule has 0 bridgehead atoms. The summed E-state index contributed by atoms with van der Waals surface area (Å²) in [5.41, 5.74) is 1.45. The number of fused-ring (bicyclic) bond motifs is 1. The van der Waals surface area contributed by atoms with E-state index in [0.717, 1.165) is 0 Å². The van der Waals surface area contributed by atoms with E-state index in [4.69, 9.17) is 0 Å². The van der Waals surface area contributed by atoms with Gasteiger partial charge in [-0.2, -0.15) is 0 Å². The Bertz CT molecular complexity index is 871. The molecule has 4 nitrogen and oxygen atoms in total. The lowest BCUT2D eigenvalue weighted by atomic mass is 10.1. The summed E-state index contributed by atoms with van der Waals surface area (Å²) < 4.78 is 13.4. The van der Waals surface area contributed by atoms with Crippen LogP contribution in [0.4, 0.5) is 10.1 Å². The van der Waals surface area contributed by atoms with Crippen LogP contribution in [0.25, 0.3) is 10.9 Å². The van der Waals surface area contributed by atoms with E-state index in [9.17, 15) is 14.0 Å². The van der Waals surface area contributed by atoms with E-state index in [1.165, 1.54) is 23.2 Å². The standard InChI is InChI=1S/C18H15FN2O2/c1-2-21(13-6-4-3-5-7-13)18(23)17(22)15-11-20-16-9-8-12(19)10-14(15)16/h3-11,20H,2H2,1H3. The number of Topliss-reactive ketones (excluding diaryl/α,β-unsaturated/α-hetero) is 1. The van der Waals surface area contributed by atoms with Crippen LogP contribution in [0, 0.1) is 5.82 Å². The molecule has 116 valence electrons. The predicted octanol–water partition coefficient (Wildman–Crippen LogP) is 3.54. The van der Waals surface area contributed by atoms with Gasteiger partial charge in [-0.25, -0.2) is 4.39 Å². The zero-order valence-electron chi connectivity index (χ0n) is 12.5. The Balaban J connectivity index is 1.98. The number of benzene rings is 2. The van der Waals surface area contributed by atoms with Crippen LogP contribution in [0.15, 0.2) is 54.7 Å². The maximum absolute atomic E-state index is 13.4. The normalized spacial score (nSPS) is 10.7. The maximum Gasteiger partial charge on any atom is 0.299 e. The van der Waals surface area contributed by atoms with Gasteiger partial charge in [0.2, 0.25) is 0 Å². The van der Waals surface area contributed by atoms with Gasteiger partial charge in [0, 0.05) is 29.3 Å². The Morgan fingerprint density at radius 2 is 1.87 bits per heavy atom. The van der Waals surface area contributed by atoms with Crippen molar-refractivity contribution in [1.82, 2.24) is 4.98 Å². The summed E-state index contributed by atoms with van der Waals surface area (Å²) in [4.78, 5) is 29.4. The zero-order chi connectivity index (χ0) is 16.4. The van der Waals surface area contributed by atoms with Gasteiger partial charge in [-0.05, 0) is 37.3 Å². The summed E-state index contributed by atoms with van der Waals surface area (Å²) in [7, 11) is 0. The highest BCUT2D eigenvalue weighted by Crippen LogP contribution is 2.22. The number of likely N-dealkylation sites (N-methyl/N-ethyl adjacent to an activating group) is 1. The first-order chi connectivity index (χ1) is 11.1. The number of rotatable bonds is 4. The molecular weight excluding hydrogens is 295 g/mol. The molecule has 2 aromatic carbocycles. The maximum atomic E-state index is 13.4. The first kappa shape index (κ1) is 15.0. The minimum atomic E-state index is -0.660. The second-order valence-corrected chi connectivity index (χ2v) is 5.11. The smallest absolute Gasteiger partial charge is 0.299 e. The Morgan fingerprint density at radius 1 is 1.13 bits per heavy atom. The number of carbonyl (C=O) groups is 2. The Labute approximate surface area is 132 Å². The molecule has 0 radical (unpaired) electrons. The Hall–Kier alpha value is -2.95. The van der Waals surface area contributed by atoms with Crippen molar-refractivity contribution >= 4 is 28.3 Å². The predicted molar refractivity (Wildman–Crippen MR) is 87.1 cm³/mol. The highest BCUT2D eigenvalue weighted by molar-refractivity contribution is 6.48. The first-order valence-electron chi connectivity index (χ1n) is 7.29. The van der Waals surface area contributed by atoms with Crippen molar-refractivity contribution in [2.45, 2.75) is 6.92 Å². The molecule has 0 saturated carbocycles. The van der Waals surface area contributed by atoms with Crippen LogP contribution in [-0.4, -0.2) is 23.2 Å². The van der Waals surface area contributed by atoms with Crippen LogP contribution in [0.2, 0.25) is 0 Å². The van der Waals surface area contributed by atoms with Crippen LogP contribution in [-0.2, 0) is 4.79 Å². The Morgan fingerprint density at radius 3 is 2.57 bits per heavy atom. The quantitative estimate of drug-likeness (QED) is 0.592. The number of halogens is 1. The van der Waals surface area contributed by atoms with Gasteiger partial charge in [0.1, 0.15) is 5.82 Å². The van der Waals surface area contributed by atoms with Crippen molar-refractivity contribution < 1.29 is 14.0 Å². The second kappa shape index (κ2) is 6.04. The molecule has 0 saturated heterocycles. The lowest BCUT2D eigenvalue weighted by Gasteiger charge is -2.19. The average Bonchev–Trinajstić information content (AvgIpc) is 2.98. The molecule has 0 unspecified atom stereocenters. The van der Waals surface area contributed by atoms with Crippen LogP contribution >= 0.6 is 0 Å². The lowest BCUT2D eigenvalue weighted by Crippen LogP contribution is -2.36. The van der Waals surface area contributed by atoms with Crippen molar-refractivity contribution in [2.24, 2.45) is 0 Å². The van der Waals surface area contributed by atoms with Crippen LogP contribution in [0.1, 0.15) is 17.3 Å². The van der Waals surface area contributed by atoms with Crippen molar-refractivity contribution in [1.29, 1.82) is 0 Å². The number of anilines is 1. The third-order valence-corrected chi connectivity index (χ3v) is 3.71. The fourth-order valence-corrected chi connectivity index (χ4v) is 2.57. The van der Waals surface area contributed by atoms with Gasteiger partial charge in [-0.3, -0.25) is 9.59 Å². The number of ketones is 1. The first-order valence-corrected chi connectivity index (χ1v) is 7.29. The Kier molecular flexibility index (Phi) is 3.93. The number of amides is 1. The van der Waals surface area contributed by atoms with E-state index in [0.29, 0.717) is 23.1 Å². The van der Waals surface area contributed by atoms with Gasteiger partial charge < -0.3 is 9.88 Å². The fraction of sp³-hybridized carbons (Fsp3) is 0.111. The second-order valence-electron chi connectivity index (χ2n) is 5.11. The minimum absolute atomic E-state index is 0.180. The number of nitrogens with one attached hydrogen (secondary N) is 1. The van der Waals surface area contributed by atoms with Gasteiger partial charge in [0.15, 0.2) is 0 Å². The molecule has 5 heteroatoms. The summed E-state index contributed by atoms with van der Waals surface area (Å²) in [6, 6.07) is 13.1. The van der Waals surface area contributed by atoms with Gasteiger partial charge in [-0.1, -0.05) is 18.2 Å². The number of carbonyl (C=O) groups excluding carboxylic acids is 2. The topological polar surface area (TPSA) is 53.2 Å². The van der Waals surface area contributed by atoms with Crippen molar-refractivity contribution in [3.8, 4) is 0 Å².